The van der Waals surface area contributed by atoms with E-state index in [1.807, 2.05) is 21.1 Å². The van der Waals surface area contributed by atoms with Crippen LogP contribution in [0.3, 0.4) is 0 Å². The fraction of sp³-hybridized carbons (Fsp3) is 0.583. The molecule has 10 heteroatoms. The van der Waals surface area contributed by atoms with Gasteiger partial charge in [0, 0.05) is 12.8 Å². The maximum atomic E-state index is 12.8. The van der Waals surface area contributed by atoms with Crippen molar-refractivity contribution in [1.29, 1.82) is 0 Å². The number of allylic oxidation sites excluding steroid dienone is 28. The molecular formula is C72H116NO8P. The Kier molecular flexibility index (Phi) is 57.5. The molecule has 9 nitrogen and oxygen atoms in total. The molecule has 0 aliphatic carbocycles. The quantitative estimate of drug-likeness (QED) is 0.0195. The lowest BCUT2D eigenvalue weighted by atomic mass is 10.0. The summed E-state index contributed by atoms with van der Waals surface area (Å²) in [5.74, 6) is -0.878. The molecule has 0 amide bonds. The van der Waals surface area contributed by atoms with Crippen LogP contribution in [0.25, 0.3) is 0 Å². The van der Waals surface area contributed by atoms with Gasteiger partial charge in [-0.2, -0.15) is 0 Å². The second-order valence-corrected chi connectivity index (χ2v) is 23.1. The molecule has 0 radical (unpaired) electrons. The Morgan fingerprint density at radius 1 is 0.378 bits per heavy atom. The van der Waals surface area contributed by atoms with Gasteiger partial charge in [-0.3, -0.25) is 14.2 Å². The van der Waals surface area contributed by atoms with Crippen LogP contribution < -0.4 is 4.89 Å². The van der Waals surface area contributed by atoms with Crippen molar-refractivity contribution in [3.8, 4) is 0 Å². The Bertz CT molecular complexity index is 1990. The highest BCUT2D eigenvalue weighted by Gasteiger charge is 2.22. The zero-order chi connectivity index (χ0) is 59.8. The Balaban J connectivity index is 4.13. The number of carbonyl (C=O) groups excluding carboxylic acids is 2. The molecule has 0 aromatic rings. The number of hydrogen-bond donors (Lipinski definition) is 0. The Morgan fingerprint density at radius 3 is 0.976 bits per heavy atom. The third-order valence-electron chi connectivity index (χ3n) is 12.7. The van der Waals surface area contributed by atoms with E-state index in [9.17, 15) is 19.0 Å². The standard InChI is InChI=1S/C72H116NO8P/c1-6-8-10-12-14-16-18-20-22-24-25-26-27-28-29-30-31-32-33-34-35-36-37-38-39-40-41-42-43-44-45-46-47-49-51-53-55-57-59-61-63-65-72(75)81-70(69-80-82(76,77)79-67-66-73(3,4)5)68-78-71(74)64-62-60-58-56-54-52-50-48-23-21-19-17-15-13-11-9-7-2/h8-11,14-17,20-23,25-26,28-29,31-32,34-35,37-38,40-41,43-44,50,52,70H,6-7,12-13,18-19,24,27,30,33,36,39,42,45-49,51,53-69H2,1-5H3/b10-8-,11-9-,16-14-,17-15-,22-20-,23-21-,26-25-,29-28-,32-31-,35-34-,38-37-,41-40-,44-43-,52-50-. The lowest BCUT2D eigenvalue weighted by molar-refractivity contribution is -0.870. The van der Waals surface area contributed by atoms with Crippen LogP contribution in [-0.4, -0.2) is 70.0 Å². The van der Waals surface area contributed by atoms with Gasteiger partial charge in [-0.05, 0) is 128 Å². The monoisotopic (exact) mass is 1150 g/mol. The zero-order valence-electron chi connectivity index (χ0n) is 52.4. The first-order chi connectivity index (χ1) is 40.0. The van der Waals surface area contributed by atoms with E-state index < -0.39 is 32.5 Å². The largest absolute Gasteiger partial charge is 0.756 e. The predicted molar refractivity (Wildman–Crippen MR) is 350 cm³/mol. The second-order valence-electron chi connectivity index (χ2n) is 21.7. The molecule has 462 valence electrons. The number of rotatable bonds is 56. The molecule has 0 saturated carbocycles. The molecule has 0 rings (SSSR count). The first kappa shape index (κ1) is 77.4. The highest BCUT2D eigenvalue weighted by atomic mass is 31.2. The molecule has 0 heterocycles. The fourth-order valence-electron chi connectivity index (χ4n) is 7.91. The number of unbranched alkanes of at least 4 members (excludes halogenated alkanes) is 14. The van der Waals surface area contributed by atoms with Crippen molar-refractivity contribution >= 4 is 19.8 Å². The van der Waals surface area contributed by atoms with Crippen LogP contribution in [0.2, 0.25) is 0 Å². The van der Waals surface area contributed by atoms with Crippen molar-refractivity contribution in [3.05, 3.63) is 170 Å². The minimum Gasteiger partial charge on any atom is -0.756 e. The lowest BCUT2D eigenvalue weighted by Gasteiger charge is -2.28. The summed E-state index contributed by atoms with van der Waals surface area (Å²) in [6.45, 7) is 3.95. The number of ether oxygens (including phenoxy) is 2. The minimum atomic E-state index is -4.66. The molecule has 0 N–H and O–H groups in total. The highest BCUT2D eigenvalue weighted by molar-refractivity contribution is 7.45. The number of likely N-dealkylation sites (N-methyl/N-ethyl adjacent to an activating group) is 1. The van der Waals surface area contributed by atoms with Crippen LogP contribution in [0.4, 0.5) is 0 Å². The van der Waals surface area contributed by atoms with E-state index in [1.54, 1.807) is 0 Å². The summed E-state index contributed by atoms with van der Waals surface area (Å²) in [5, 5.41) is 0. The number of phosphoric ester groups is 1. The average molecular weight is 1150 g/mol. The van der Waals surface area contributed by atoms with Crippen molar-refractivity contribution in [2.75, 3.05) is 47.5 Å². The normalized spacial score (nSPS) is 14.4. The molecule has 0 aromatic carbocycles. The van der Waals surface area contributed by atoms with Gasteiger partial charge in [-0.15, -0.1) is 0 Å². The molecular weight excluding hydrogens is 1040 g/mol. The smallest absolute Gasteiger partial charge is 0.306 e. The molecule has 0 saturated heterocycles. The molecule has 0 aliphatic heterocycles. The van der Waals surface area contributed by atoms with Gasteiger partial charge in [0.25, 0.3) is 7.82 Å². The van der Waals surface area contributed by atoms with Crippen molar-refractivity contribution in [1.82, 2.24) is 0 Å². The lowest BCUT2D eigenvalue weighted by Crippen LogP contribution is -2.37. The molecule has 2 atom stereocenters. The fourth-order valence-corrected chi connectivity index (χ4v) is 8.64. The Hall–Kier alpha value is -4.63. The van der Waals surface area contributed by atoms with Gasteiger partial charge in [-0.25, -0.2) is 0 Å². The molecule has 2 unspecified atom stereocenters. The van der Waals surface area contributed by atoms with Gasteiger partial charge >= 0.3 is 11.9 Å². The van der Waals surface area contributed by atoms with E-state index >= 15 is 0 Å². The first-order valence-corrected chi connectivity index (χ1v) is 33.3. The summed E-state index contributed by atoms with van der Waals surface area (Å²) < 4.78 is 34.1. The molecule has 0 aromatic heterocycles. The topological polar surface area (TPSA) is 111 Å². The zero-order valence-corrected chi connectivity index (χ0v) is 53.3. The van der Waals surface area contributed by atoms with Gasteiger partial charge in [0.05, 0.1) is 27.7 Å². The number of esters is 2. The minimum absolute atomic E-state index is 0.0447. The maximum absolute atomic E-state index is 12.8. The number of carbonyl (C=O) groups is 2. The van der Waals surface area contributed by atoms with E-state index in [0.29, 0.717) is 23.9 Å². The van der Waals surface area contributed by atoms with E-state index in [4.69, 9.17) is 18.5 Å². The molecule has 0 spiro atoms. The summed E-state index contributed by atoms with van der Waals surface area (Å²) >= 11 is 0. The van der Waals surface area contributed by atoms with Crippen LogP contribution in [0.15, 0.2) is 170 Å². The van der Waals surface area contributed by atoms with Crippen molar-refractivity contribution in [3.63, 3.8) is 0 Å². The van der Waals surface area contributed by atoms with Gasteiger partial charge in [0.15, 0.2) is 6.10 Å². The van der Waals surface area contributed by atoms with Gasteiger partial charge in [-0.1, -0.05) is 248 Å². The molecule has 0 bridgehead atoms. The summed E-state index contributed by atoms with van der Waals surface area (Å²) in [5.41, 5.74) is 0. The number of nitrogens with zero attached hydrogens (tertiary/aromatic N) is 1. The van der Waals surface area contributed by atoms with E-state index in [2.05, 4.69) is 184 Å². The Morgan fingerprint density at radius 2 is 0.659 bits per heavy atom. The van der Waals surface area contributed by atoms with Gasteiger partial charge in [0.2, 0.25) is 0 Å². The van der Waals surface area contributed by atoms with E-state index in [1.165, 1.54) is 38.5 Å². The Labute approximate surface area is 502 Å². The number of hydrogen-bond acceptors (Lipinski definition) is 8. The maximum Gasteiger partial charge on any atom is 0.306 e. The summed E-state index contributed by atoms with van der Waals surface area (Å²) in [6.07, 6.45) is 92.7. The third-order valence-corrected chi connectivity index (χ3v) is 13.7. The van der Waals surface area contributed by atoms with Crippen LogP contribution in [-0.2, 0) is 32.7 Å². The van der Waals surface area contributed by atoms with Crippen molar-refractivity contribution < 1.29 is 42.1 Å². The average Bonchev–Trinajstić information content (AvgIpc) is 3.45. The first-order valence-electron chi connectivity index (χ1n) is 31.8. The van der Waals surface area contributed by atoms with Crippen LogP contribution in [0, 0.1) is 0 Å². The summed E-state index contributed by atoms with van der Waals surface area (Å²) in [7, 11) is 1.12. The number of quaternary nitrogens is 1. The second kappa shape index (κ2) is 60.9. The van der Waals surface area contributed by atoms with Crippen molar-refractivity contribution in [2.45, 2.75) is 225 Å². The number of phosphoric acid groups is 1. The van der Waals surface area contributed by atoms with Crippen LogP contribution in [0.5, 0.6) is 0 Å². The third kappa shape index (κ3) is 64.5. The van der Waals surface area contributed by atoms with Crippen molar-refractivity contribution in [2.24, 2.45) is 0 Å². The SMILES string of the molecule is CC/C=C\C/C=C\C/C=C\C/C=C\C/C=C\C/C=C\C/C=C\C/C=C\C/C=C\C/C=C\CCCCCCCCCCCCC(=O)OC(COC(=O)CCCCCC/C=C\C/C=C\C/C=C\C/C=C\CC)COP(=O)([O-])OCC[N+](C)(C)C. The summed E-state index contributed by atoms with van der Waals surface area (Å²) in [6, 6.07) is 0. The van der Waals surface area contributed by atoms with E-state index in [-0.39, 0.29) is 26.1 Å². The van der Waals surface area contributed by atoms with Crippen LogP contribution in [0.1, 0.15) is 219 Å². The molecule has 0 aliphatic rings. The predicted octanol–water partition coefficient (Wildman–Crippen LogP) is 20.0. The summed E-state index contributed by atoms with van der Waals surface area (Å²) in [4.78, 5) is 37.9. The highest BCUT2D eigenvalue weighted by Crippen LogP contribution is 2.38. The molecule has 82 heavy (non-hydrogen) atoms. The molecule has 0 fully saturated rings. The van der Waals surface area contributed by atoms with Crippen LogP contribution >= 0.6 is 7.82 Å². The van der Waals surface area contributed by atoms with E-state index in [0.717, 1.165) is 141 Å². The van der Waals surface area contributed by atoms with Gasteiger partial charge in [0.1, 0.15) is 19.8 Å². The van der Waals surface area contributed by atoms with Gasteiger partial charge < -0.3 is 27.9 Å².